The first-order chi connectivity index (χ1) is 14.3. The molecule has 0 heterocycles. The second kappa shape index (κ2) is 11.2. The molecule has 7 heteroatoms. The summed E-state index contributed by atoms with van der Waals surface area (Å²) < 4.78 is 5.70. The van der Waals surface area contributed by atoms with E-state index in [1.54, 1.807) is 25.2 Å². The lowest BCUT2D eigenvalue weighted by Gasteiger charge is -2.30. The van der Waals surface area contributed by atoms with Gasteiger partial charge in [-0.3, -0.25) is 9.59 Å². The van der Waals surface area contributed by atoms with Gasteiger partial charge < -0.3 is 15.0 Å². The molecule has 0 spiro atoms. The molecule has 2 amide bonds. The number of amides is 2. The van der Waals surface area contributed by atoms with E-state index in [4.69, 9.17) is 27.9 Å². The molecule has 30 heavy (non-hydrogen) atoms. The summed E-state index contributed by atoms with van der Waals surface area (Å²) in [5.74, 6) is 0.426. The molecule has 1 atom stereocenters. The predicted octanol–water partition coefficient (Wildman–Crippen LogP) is 5.05. The second-order valence-corrected chi connectivity index (χ2v) is 8.09. The molecule has 0 saturated carbocycles. The van der Waals surface area contributed by atoms with Crippen LogP contribution in [0.3, 0.4) is 0 Å². The van der Waals surface area contributed by atoms with Crippen molar-refractivity contribution >= 4 is 35.0 Å². The Hall–Kier alpha value is -2.24. The van der Waals surface area contributed by atoms with Crippen LogP contribution >= 0.6 is 23.2 Å². The Morgan fingerprint density at radius 3 is 2.17 bits per heavy atom. The molecule has 0 bridgehead atoms. The molecule has 0 unspecified atom stereocenters. The molecule has 2 aromatic carbocycles. The average molecular weight is 451 g/mol. The van der Waals surface area contributed by atoms with Crippen LogP contribution in [0.2, 0.25) is 10.0 Å². The number of nitrogens with one attached hydrogen (secondary N) is 1. The smallest absolute Gasteiger partial charge is 0.261 e. The summed E-state index contributed by atoms with van der Waals surface area (Å²) in [6, 6.07) is 12.1. The summed E-state index contributed by atoms with van der Waals surface area (Å²) in [5.41, 5.74) is 1.78. The number of hydrogen-bond donors (Lipinski definition) is 1. The van der Waals surface area contributed by atoms with Gasteiger partial charge in [0.1, 0.15) is 11.8 Å². The van der Waals surface area contributed by atoms with Gasteiger partial charge >= 0.3 is 0 Å². The number of carbonyl (C=O) groups is 2. The maximum Gasteiger partial charge on any atom is 0.261 e. The minimum Gasteiger partial charge on any atom is -0.484 e. The molecule has 0 aromatic heterocycles. The van der Waals surface area contributed by atoms with Gasteiger partial charge in [0.15, 0.2) is 6.61 Å². The van der Waals surface area contributed by atoms with Crippen LogP contribution in [0.4, 0.5) is 0 Å². The van der Waals surface area contributed by atoms with E-state index in [-0.39, 0.29) is 25.0 Å². The highest BCUT2D eigenvalue weighted by molar-refractivity contribution is 6.36. The predicted molar refractivity (Wildman–Crippen MR) is 121 cm³/mol. The average Bonchev–Trinajstić information content (AvgIpc) is 2.73. The lowest BCUT2D eigenvalue weighted by molar-refractivity contribution is -0.142. The molecule has 2 rings (SSSR count). The minimum absolute atomic E-state index is 0.110. The van der Waals surface area contributed by atoms with Crippen LogP contribution in [0, 0.1) is 0 Å². The zero-order valence-electron chi connectivity index (χ0n) is 17.7. The van der Waals surface area contributed by atoms with Gasteiger partial charge in [0.05, 0.1) is 0 Å². The maximum absolute atomic E-state index is 13.1. The van der Waals surface area contributed by atoms with E-state index in [1.807, 2.05) is 31.2 Å². The van der Waals surface area contributed by atoms with Gasteiger partial charge in [0.2, 0.25) is 5.91 Å². The summed E-state index contributed by atoms with van der Waals surface area (Å²) in [6.45, 7) is 5.98. The van der Waals surface area contributed by atoms with Crippen molar-refractivity contribution in [3.05, 3.63) is 63.6 Å². The summed E-state index contributed by atoms with van der Waals surface area (Å²) in [5, 5.41) is 3.50. The number of nitrogens with zero attached hydrogens (tertiary/aromatic N) is 1. The fraction of sp³-hybridized carbons (Fsp3) is 0.391. The van der Waals surface area contributed by atoms with E-state index in [1.165, 1.54) is 10.5 Å². The number of carbonyl (C=O) groups excluding carboxylic acids is 2. The Labute approximate surface area is 188 Å². The van der Waals surface area contributed by atoms with Crippen LogP contribution in [0.15, 0.2) is 42.5 Å². The van der Waals surface area contributed by atoms with Crippen molar-refractivity contribution < 1.29 is 14.3 Å². The summed E-state index contributed by atoms with van der Waals surface area (Å²) >= 11 is 12.6. The number of halogens is 2. The van der Waals surface area contributed by atoms with Crippen LogP contribution in [0.5, 0.6) is 5.75 Å². The first-order valence-corrected chi connectivity index (χ1v) is 10.7. The molecule has 0 saturated heterocycles. The maximum atomic E-state index is 13.1. The van der Waals surface area contributed by atoms with E-state index in [9.17, 15) is 9.59 Å². The third kappa shape index (κ3) is 6.13. The molecule has 0 fully saturated rings. The zero-order chi connectivity index (χ0) is 22.3. The van der Waals surface area contributed by atoms with Crippen molar-refractivity contribution in [1.29, 1.82) is 0 Å². The van der Waals surface area contributed by atoms with Crippen molar-refractivity contribution in [2.75, 3.05) is 13.7 Å². The first-order valence-electron chi connectivity index (χ1n) is 9.95. The lowest BCUT2D eigenvalue weighted by Crippen LogP contribution is -2.49. The summed E-state index contributed by atoms with van der Waals surface area (Å²) in [6.07, 6.45) is 0.441. The Kier molecular flexibility index (Phi) is 9.00. The highest BCUT2D eigenvalue weighted by atomic mass is 35.5. The topological polar surface area (TPSA) is 58.6 Å². The van der Waals surface area contributed by atoms with Gasteiger partial charge in [-0.2, -0.15) is 0 Å². The van der Waals surface area contributed by atoms with Gasteiger partial charge in [-0.05, 0) is 42.2 Å². The second-order valence-electron chi connectivity index (χ2n) is 7.27. The largest absolute Gasteiger partial charge is 0.484 e. The van der Waals surface area contributed by atoms with E-state index in [2.05, 4.69) is 19.2 Å². The van der Waals surface area contributed by atoms with Gasteiger partial charge in [-0.15, -0.1) is 0 Å². The molecule has 162 valence electrons. The Morgan fingerprint density at radius 1 is 1.07 bits per heavy atom. The summed E-state index contributed by atoms with van der Waals surface area (Å²) in [4.78, 5) is 27.0. The molecular formula is C23H28Cl2N2O3. The number of hydrogen-bond acceptors (Lipinski definition) is 3. The van der Waals surface area contributed by atoms with Gasteiger partial charge in [0, 0.05) is 29.2 Å². The fourth-order valence-corrected chi connectivity index (χ4v) is 3.63. The Balaban J connectivity index is 2.22. The molecular weight excluding hydrogens is 423 g/mol. The van der Waals surface area contributed by atoms with E-state index in [0.717, 1.165) is 0 Å². The minimum atomic E-state index is -0.665. The Morgan fingerprint density at radius 2 is 1.67 bits per heavy atom. The molecule has 2 aromatic rings. The van der Waals surface area contributed by atoms with Gasteiger partial charge in [-0.25, -0.2) is 0 Å². The number of ether oxygens (including phenoxy) is 1. The highest BCUT2D eigenvalue weighted by Crippen LogP contribution is 2.27. The SMILES string of the molecule is CC[C@H](C(=O)NC)N(Cc1c(Cl)cccc1Cl)C(=O)COc1ccc(C(C)C)cc1. The molecule has 5 nitrogen and oxygen atoms in total. The van der Waals surface area contributed by atoms with Crippen molar-refractivity contribution in [3.8, 4) is 5.75 Å². The first kappa shape index (κ1) is 24.0. The molecule has 0 aliphatic rings. The molecule has 0 aliphatic heterocycles. The van der Waals surface area contributed by atoms with Crippen LogP contribution < -0.4 is 10.1 Å². The quantitative estimate of drug-likeness (QED) is 0.581. The van der Waals surface area contributed by atoms with E-state index < -0.39 is 6.04 Å². The van der Waals surface area contributed by atoms with Crippen LogP contribution in [-0.4, -0.2) is 36.4 Å². The molecule has 1 N–H and O–H groups in total. The van der Waals surface area contributed by atoms with Gasteiger partial charge in [0.25, 0.3) is 5.91 Å². The monoisotopic (exact) mass is 450 g/mol. The third-order valence-electron chi connectivity index (χ3n) is 4.93. The van der Waals surface area contributed by atoms with E-state index in [0.29, 0.717) is 33.7 Å². The van der Waals surface area contributed by atoms with Crippen LogP contribution in [-0.2, 0) is 16.1 Å². The summed E-state index contributed by atoms with van der Waals surface area (Å²) in [7, 11) is 1.54. The number of rotatable bonds is 9. The molecule has 0 radical (unpaired) electrons. The number of likely N-dealkylation sites (N-methyl/N-ethyl adjacent to an activating group) is 1. The van der Waals surface area contributed by atoms with Crippen molar-refractivity contribution in [2.24, 2.45) is 0 Å². The van der Waals surface area contributed by atoms with Gasteiger partial charge in [-0.1, -0.05) is 62.2 Å². The third-order valence-corrected chi connectivity index (χ3v) is 5.64. The highest BCUT2D eigenvalue weighted by Gasteiger charge is 2.29. The van der Waals surface area contributed by atoms with Crippen molar-refractivity contribution in [3.63, 3.8) is 0 Å². The van der Waals surface area contributed by atoms with Crippen molar-refractivity contribution in [2.45, 2.75) is 45.7 Å². The lowest BCUT2D eigenvalue weighted by atomic mass is 10.0. The Bertz CT molecular complexity index is 849. The van der Waals surface area contributed by atoms with Crippen LogP contribution in [0.25, 0.3) is 0 Å². The number of benzene rings is 2. The normalized spacial score (nSPS) is 11.8. The zero-order valence-corrected chi connectivity index (χ0v) is 19.3. The van der Waals surface area contributed by atoms with Crippen LogP contribution in [0.1, 0.15) is 44.2 Å². The van der Waals surface area contributed by atoms with Crippen molar-refractivity contribution in [1.82, 2.24) is 10.2 Å². The molecule has 0 aliphatic carbocycles. The standard InChI is InChI=1S/C23H28Cl2N2O3/c1-5-21(23(29)26-4)27(13-18-19(24)7-6-8-20(18)25)22(28)14-30-17-11-9-16(10-12-17)15(2)3/h6-12,15,21H,5,13-14H2,1-4H3,(H,26,29)/t21-/m1/s1. The fourth-order valence-electron chi connectivity index (χ4n) is 3.12. The van der Waals surface area contributed by atoms with E-state index >= 15 is 0 Å².